The zero-order chi connectivity index (χ0) is 21.1. The highest BCUT2D eigenvalue weighted by atomic mass is 16.5. The number of esters is 1. The average Bonchev–Trinajstić information content (AvgIpc) is 3.26. The number of nitrogens with zero attached hydrogens (tertiary/aromatic N) is 1. The first kappa shape index (κ1) is 17.8. The van der Waals surface area contributed by atoms with Gasteiger partial charge in [-0.25, -0.2) is 4.79 Å². The molecule has 0 saturated heterocycles. The summed E-state index contributed by atoms with van der Waals surface area (Å²) in [4.78, 5) is 17.3. The van der Waals surface area contributed by atoms with Crippen molar-refractivity contribution in [2.24, 2.45) is 4.99 Å². The van der Waals surface area contributed by atoms with E-state index in [-0.39, 0.29) is 5.95 Å². The maximum Gasteiger partial charge on any atom is 0.344 e. The Kier molecular flexibility index (Phi) is 3.71. The average molecular weight is 410 g/mol. The number of nitrogens with two attached hydrogens (primary N) is 1. The van der Waals surface area contributed by atoms with Crippen LogP contribution in [0.1, 0.15) is 17.5 Å². The van der Waals surface area contributed by atoms with Crippen LogP contribution >= 0.6 is 0 Å². The smallest absolute Gasteiger partial charge is 0.344 e. The lowest BCUT2D eigenvalue weighted by molar-refractivity contribution is -0.127. The number of furan rings is 1. The second-order valence-electron chi connectivity index (χ2n) is 7.84. The molecule has 1 aromatic heterocycles. The SMILES string of the molecule is Nc1ccc(-c2c(O)oc3cc4c(cc23)OC(=O)C4=c2ccc3c(c2)CCCN=3)cc1. The first-order valence-electron chi connectivity index (χ1n) is 10.1. The van der Waals surface area contributed by atoms with Crippen molar-refractivity contribution in [1.82, 2.24) is 0 Å². The number of hydrogen-bond acceptors (Lipinski definition) is 6. The van der Waals surface area contributed by atoms with E-state index in [9.17, 15) is 9.90 Å². The molecule has 3 aromatic carbocycles. The molecule has 6 rings (SSSR count). The number of nitrogen functional groups attached to an aromatic ring is 1. The molecule has 6 nitrogen and oxygen atoms in total. The van der Waals surface area contributed by atoms with E-state index in [1.807, 2.05) is 30.3 Å². The van der Waals surface area contributed by atoms with Crippen LogP contribution in [0.5, 0.6) is 11.7 Å². The molecular weight excluding hydrogens is 392 g/mol. The molecule has 0 amide bonds. The van der Waals surface area contributed by atoms with Crippen LogP contribution in [0.4, 0.5) is 5.69 Å². The largest absolute Gasteiger partial charge is 0.480 e. The van der Waals surface area contributed by atoms with Gasteiger partial charge in [-0.05, 0) is 65.6 Å². The topological polar surface area (TPSA) is 98.0 Å². The van der Waals surface area contributed by atoms with E-state index in [0.29, 0.717) is 39.1 Å². The molecule has 3 heterocycles. The number of fused-ring (bicyclic) bond motifs is 3. The fourth-order valence-corrected chi connectivity index (χ4v) is 4.42. The first-order chi connectivity index (χ1) is 15.1. The minimum absolute atomic E-state index is 0.188. The molecule has 3 N–H and O–H groups in total. The number of rotatable bonds is 1. The Morgan fingerprint density at radius 2 is 1.87 bits per heavy atom. The summed E-state index contributed by atoms with van der Waals surface area (Å²) in [5.41, 5.74) is 10.5. The Morgan fingerprint density at radius 3 is 2.71 bits per heavy atom. The predicted molar refractivity (Wildman–Crippen MR) is 116 cm³/mol. The number of hydrogen-bond donors (Lipinski definition) is 2. The number of benzene rings is 3. The highest BCUT2D eigenvalue weighted by molar-refractivity contribution is 6.22. The molecule has 0 saturated carbocycles. The van der Waals surface area contributed by atoms with Crippen molar-refractivity contribution < 1.29 is 19.1 Å². The monoisotopic (exact) mass is 410 g/mol. The molecule has 0 aliphatic carbocycles. The van der Waals surface area contributed by atoms with Crippen LogP contribution in [-0.2, 0) is 11.2 Å². The number of carbonyl (C=O) groups excluding carboxylic acids is 1. The van der Waals surface area contributed by atoms with Crippen LogP contribution in [0.2, 0.25) is 0 Å². The van der Waals surface area contributed by atoms with E-state index in [1.165, 1.54) is 0 Å². The van der Waals surface area contributed by atoms with Gasteiger partial charge in [-0.1, -0.05) is 18.2 Å². The van der Waals surface area contributed by atoms with Gasteiger partial charge in [0.15, 0.2) is 0 Å². The minimum Gasteiger partial charge on any atom is -0.480 e. The molecule has 0 unspecified atom stereocenters. The maximum atomic E-state index is 12.8. The molecule has 0 fully saturated rings. The van der Waals surface area contributed by atoms with Gasteiger partial charge in [0.2, 0.25) is 0 Å². The van der Waals surface area contributed by atoms with Gasteiger partial charge in [-0.2, -0.15) is 0 Å². The lowest BCUT2D eigenvalue weighted by atomic mass is 9.98. The van der Waals surface area contributed by atoms with Crippen molar-refractivity contribution >= 4 is 28.2 Å². The Hall–Kier alpha value is -4.06. The normalized spacial score (nSPS) is 16.6. The van der Waals surface area contributed by atoms with Gasteiger partial charge in [0.05, 0.1) is 16.5 Å². The van der Waals surface area contributed by atoms with Crippen molar-refractivity contribution in [1.29, 1.82) is 0 Å². The molecular formula is C25H18N2O4. The quantitative estimate of drug-likeness (QED) is 0.286. The van der Waals surface area contributed by atoms with Crippen LogP contribution in [0, 0.1) is 0 Å². The molecule has 2 aliphatic rings. The summed E-state index contributed by atoms with van der Waals surface area (Å²) in [5.74, 6) is -0.132. The van der Waals surface area contributed by atoms with Crippen molar-refractivity contribution in [3.8, 4) is 22.8 Å². The number of carbonyl (C=O) groups is 1. The van der Waals surface area contributed by atoms with Gasteiger partial charge in [0.25, 0.3) is 5.95 Å². The van der Waals surface area contributed by atoms with Crippen LogP contribution < -0.4 is 21.0 Å². The lowest BCUT2D eigenvalue weighted by Crippen LogP contribution is -2.22. The van der Waals surface area contributed by atoms with E-state index >= 15 is 0 Å². The first-order valence-corrected chi connectivity index (χ1v) is 10.1. The van der Waals surface area contributed by atoms with Crippen LogP contribution in [0.25, 0.3) is 27.7 Å². The summed E-state index contributed by atoms with van der Waals surface area (Å²) in [7, 11) is 0. The van der Waals surface area contributed by atoms with Gasteiger partial charge in [-0.15, -0.1) is 0 Å². The zero-order valence-electron chi connectivity index (χ0n) is 16.5. The third kappa shape index (κ3) is 2.72. The van der Waals surface area contributed by atoms with E-state index < -0.39 is 5.97 Å². The van der Waals surface area contributed by atoms with Crippen molar-refractivity contribution in [3.05, 3.63) is 76.3 Å². The summed E-state index contributed by atoms with van der Waals surface area (Å²) in [5, 5.41) is 12.9. The van der Waals surface area contributed by atoms with Gasteiger partial charge >= 0.3 is 5.97 Å². The number of aryl methyl sites for hydroxylation is 1. The third-order valence-electron chi connectivity index (χ3n) is 5.90. The Labute approximate surface area is 176 Å². The van der Waals surface area contributed by atoms with Gasteiger partial charge in [0.1, 0.15) is 11.3 Å². The molecule has 31 heavy (non-hydrogen) atoms. The molecule has 4 aromatic rings. The van der Waals surface area contributed by atoms with Crippen LogP contribution in [-0.4, -0.2) is 17.6 Å². The number of ether oxygens (including phenoxy) is 1. The molecule has 0 bridgehead atoms. The van der Waals surface area contributed by atoms with Gasteiger partial charge < -0.3 is 20.0 Å². The Morgan fingerprint density at radius 1 is 1.03 bits per heavy atom. The molecule has 0 radical (unpaired) electrons. The van der Waals surface area contributed by atoms with Gasteiger partial charge in [-0.3, -0.25) is 4.99 Å². The Bertz CT molecular complexity index is 1510. The lowest BCUT2D eigenvalue weighted by Gasteiger charge is -2.07. The highest BCUT2D eigenvalue weighted by Gasteiger charge is 2.30. The third-order valence-corrected chi connectivity index (χ3v) is 5.90. The Balaban J connectivity index is 1.58. The van der Waals surface area contributed by atoms with E-state index in [2.05, 4.69) is 4.99 Å². The van der Waals surface area contributed by atoms with Gasteiger partial charge in [0, 0.05) is 23.2 Å². The second-order valence-corrected chi connectivity index (χ2v) is 7.84. The fraction of sp³-hybridized carbons (Fsp3) is 0.120. The van der Waals surface area contributed by atoms with Crippen LogP contribution in [0.3, 0.4) is 0 Å². The fourth-order valence-electron chi connectivity index (χ4n) is 4.42. The molecule has 0 spiro atoms. The summed E-state index contributed by atoms with van der Waals surface area (Å²) < 4.78 is 11.3. The summed E-state index contributed by atoms with van der Waals surface area (Å²) >= 11 is 0. The summed E-state index contributed by atoms with van der Waals surface area (Å²) in [6, 6.07) is 16.5. The molecule has 152 valence electrons. The zero-order valence-corrected chi connectivity index (χ0v) is 16.5. The predicted octanol–water partition coefficient (Wildman–Crippen LogP) is 3.07. The summed E-state index contributed by atoms with van der Waals surface area (Å²) in [6.07, 6.45) is 1.95. The van der Waals surface area contributed by atoms with E-state index in [4.69, 9.17) is 14.9 Å². The summed E-state index contributed by atoms with van der Waals surface area (Å²) in [6.45, 7) is 0.837. The van der Waals surface area contributed by atoms with Crippen molar-refractivity contribution in [2.75, 3.05) is 12.3 Å². The van der Waals surface area contributed by atoms with E-state index in [1.54, 1.807) is 24.3 Å². The van der Waals surface area contributed by atoms with Crippen LogP contribution in [0.15, 0.2) is 64.0 Å². The van der Waals surface area contributed by atoms with Crippen molar-refractivity contribution in [2.45, 2.75) is 12.8 Å². The van der Waals surface area contributed by atoms with E-state index in [0.717, 1.165) is 41.1 Å². The highest BCUT2D eigenvalue weighted by Crippen LogP contribution is 2.44. The standard InChI is InChI=1S/C25H18N2O4/c26-16-6-3-13(4-7-16)22-17-11-21-18(12-20(17)30-24(22)28)23(25(29)31-21)15-5-8-19-14(10-15)2-1-9-27-19/h3-8,10-12,28H,1-2,9,26H2. The molecule has 6 heteroatoms. The maximum absolute atomic E-state index is 12.8. The second kappa shape index (κ2) is 6.47. The van der Waals surface area contributed by atoms with Crippen molar-refractivity contribution in [3.63, 3.8) is 0 Å². The number of aromatic hydroxyl groups is 1. The molecule has 0 atom stereocenters. The minimum atomic E-state index is -0.395. The number of anilines is 1. The molecule has 2 aliphatic heterocycles.